The van der Waals surface area contributed by atoms with Crippen LogP contribution in [0.5, 0.6) is 11.5 Å². The van der Waals surface area contributed by atoms with Crippen LogP contribution in [0.4, 0.5) is 27.8 Å². The molecule has 6 rings (SSSR count). The lowest BCUT2D eigenvalue weighted by Gasteiger charge is -2.34. The predicted octanol–water partition coefficient (Wildman–Crippen LogP) is 4.22. The number of primary amides is 1. The minimum atomic E-state index is -4.88. The molecule has 2 atom stereocenters. The molecule has 10 nitrogen and oxygen atoms in total. The van der Waals surface area contributed by atoms with Crippen LogP contribution < -0.4 is 25.4 Å². The molecule has 236 valence electrons. The van der Waals surface area contributed by atoms with E-state index in [4.69, 9.17) is 15.2 Å². The van der Waals surface area contributed by atoms with Gasteiger partial charge in [0.25, 0.3) is 11.8 Å². The first kappa shape index (κ1) is 29.9. The van der Waals surface area contributed by atoms with Crippen molar-refractivity contribution in [3.05, 3.63) is 41.2 Å². The van der Waals surface area contributed by atoms with E-state index >= 15 is 0 Å². The van der Waals surface area contributed by atoms with Crippen molar-refractivity contribution >= 4 is 28.5 Å². The zero-order valence-corrected chi connectivity index (χ0v) is 24.0. The second-order valence-corrected chi connectivity index (χ2v) is 11.8. The third-order valence-electron chi connectivity index (χ3n) is 8.63. The third-order valence-corrected chi connectivity index (χ3v) is 8.63. The molecule has 2 fully saturated rings. The van der Waals surface area contributed by atoms with E-state index in [1.54, 1.807) is 10.9 Å². The Morgan fingerprint density at radius 1 is 1.20 bits per heavy atom. The molecule has 3 N–H and O–H groups in total. The van der Waals surface area contributed by atoms with Crippen LogP contribution in [-0.4, -0.2) is 72.0 Å². The number of amides is 2. The molecule has 0 bridgehead atoms. The number of hydrogen-bond acceptors (Lipinski definition) is 7. The van der Waals surface area contributed by atoms with Gasteiger partial charge in [0.05, 0.1) is 18.8 Å². The van der Waals surface area contributed by atoms with Gasteiger partial charge >= 0.3 is 6.18 Å². The Bertz CT molecular complexity index is 1630. The van der Waals surface area contributed by atoms with Crippen LogP contribution in [0.3, 0.4) is 0 Å². The van der Waals surface area contributed by atoms with Gasteiger partial charge in [-0.3, -0.25) is 14.3 Å². The number of rotatable bonds is 8. The standard InChI is InChI=1S/C29H31F5N6O4/c1-27(26(35)42)14-44-23-18(27)11-20(37-24(23)39-7-5-28(30,31)6-8-39)19(29(32,33)34)12-36-25(41)15-9-16-13-40(17-3-4-17)38-22(16)21(10-15)43-2/h9-11,13,17,19H,3-8,12,14H2,1-2H3,(H2,35,42)(H,36,41)/t19-,27+/m1/s1. The molecule has 1 saturated carbocycles. The quantitative estimate of drug-likeness (QED) is 0.361. The second kappa shape index (κ2) is 10.5. The number of pyridine rings is 1. The van der Waals surface area contributed by atoms with Crippen molar-refractivity contribution in [2.75, 3.05) is 38.3 Å². The number of nitrogens with two attached hydrogens (primary N) is 1. The lowest BCUT2D eigenvalue weighted by atomic mass is 9.83. The van der Waals surface area contributed by atoms with E-state index in [1.165, 1.54) is 31.1 Å². The molecule has 1 saturated heterocycles. The number of methoxy groups -OCH3 is 1. The highest BCUT2D eigenvalue weighted by molar-refractivity contribution is 6.00. The lowest BCUT2D eigenvalue weighted by molar-refractivity contribution is -0.149. The Balaban J connectivity index is 1.33. The molecule has 1 aliphatic carbocycles. The number of nitrogens with zero attached hydrogens (tertiary/aromatic N) is 4. The van der Waals surface area contributed by atoms with Crippen molar-refractivity contribution in [1.82, 2.24) is 20.1 Å². The Kier molecular flexibility index (Phi) is 7.11. The van der Waals surface area contributed by atoms with Crippen LogP contribution in [0.2, 0.25) is 0 Å². The molecule has 2 amide bonds. The van der Waals surface area contributed by atoms with Crippen LogP contribution in [0.1, 0.15) is 66.2 Å². The molecular weight excluding hydrogens is 591 g/mol. The maximum Gasteiger partial charge on any atom is 0.398 e. The first-order chi connectivity index (χ1) is 20.7. The zero-order valence-electron chi connectivity index (χ0n) is 24.0. The molecule has 2 aliphatic heterocycles. The van der Waals surface area contributed by atoms with Gasteiger partial charge in [-0.25, -0.2) is 13.8 Å². The number of ether oxygens (including phenoxy) is 2. The average Bonchev–Trinajstić information content (AvgIpc) is 3.63. The van der Waals surface area contributed by atoms with Crippen molar-refractivity contribution in [2.45, 2.75) is 62.1 Å². The Morgan fingerprint density at radius 3 is 2.52 bits per heavy atom. The highest BCUT2D eigenvalue weighted by Crippen LogP contribution is 2.47. The summed E-state index contributed by atoms with van der Waals surface area (Å²) < 4.78 is 84.5. The average molecular weight is 623 g/mol. The molecule has 15 heteroatoms. The van der Waals surface area contributed by atoms with Crippen molar-refractivity contribution < 1.29 is 41.0 Å². The van der Waals surface area contributed by atoms with Gasteiger partial charge in [0, 0.05) is 55.2 Å². The van der Waals surface area contributed by atoms with E-state index in [9.17, 15) is 31.5 Å². The predicted molar refractivity (Wildman–Crippen MR) is 148 cm³/mol. The molecule has 0 unspecified atom stereocenters. The summed E-state index contributed by atoms with van der Waals surface area (Å²) in [6.07, 6.45) is -2.18. The maximum absolute atomic E-state index is 14.6. The smallest absolute Gasteiger partial charge is 0.398 e. The van der Waals surface area contributed by atoms with Crippen molar-refractivity contribution in [2.24, 2.45) is 5.73 Å². The molecule has 0 radical (unpaired) electrons. The summed E-state index contributed by atoms with van der Waals surface area (Å²) in [6.45, 7) is -0.0438. The monoisotopic (exact) mass is 622 g/mol. The number of anilines is 1. The van der Waals surface area contributed by atoms with Gasteiger partial charge < -0.3 is 25.4 Å². The Morgan fingerprint density at radius 2 is 1.91 bits per heavy atom. The minimum Gasteiger partial charge on any atom is -0.494 e. The van der Waals surface area contributed by atoms with E-state index in [0.717, 1.165) is 18.9 Å². The first-order valence-corrected chi connectivity index (χ1v) is 14.2. The number of benzene rings is 1. The summed E-state index contributed by atoms with van der Waals surface area (Å²) in [5, 5.41) is 7.49. The number of fused-ring (bicyclic) bond motifs is 2. The van der Waals surface area contributed by atoms with Crippen LogP contribution in [-0.2, 0) is 10.2 Å². The SMILES string of the molecule is COc1cc(C(=O)NC[C@H](c2cc3c(c(N4CCC(F)(F)CC4)n2)OC[C@]3(C)C(N)=O)C(F)(F)F)cc2cn(C3CC3)nc12. The number of piperidine rings is 1. The van der Waals surface area contributed by atoms with Crippen LogP contribution in [0.15, 0.2) is 24.4 Å². The summed E-state index contributed by atoms with van der Waals surface area (Å²) in [5.41, 5.74) is 4.35. The zero-order chi connectivity index (χ0) is 31.6. The Labute approximate surface area is 248 Å². The van der Waals surface area contributed by atoms with Crippen LogP contribution in [0.25, 0.3) is 10.9 Å². The third kappa shape index (κ3) is 5.36. The number of halogens is 5. The number of carbonyl (C=O) groups is 2. The highest BCUT2D eigenvalue weighted by atomic mass is 19.4. The van der Waals surface area contributed by atoms with Gasteiger partial charge in [-0.2, -0.15) is 18.3 Å². The topological polar surface area (TPSA) is 125 Å². The largest absolute Gasteiger partial charge is 0.494 e. The molecule has 44 heavy (non-hydrogen) atoms. The van der Waals surface area contributed by atoms with Gasteiger partial charge in [0.1, 0.15) is 29.2 Å². The molecule has 1 aromatic carbocycles. The number of nitrogens with one attached hydrogen (secondary N) is 1. The van der Waals surface area contributed by atoms with E-state index < -0.39 is 60.3 Å². The van der Waals surface area contributed by atoms with Crippen LogP contribution in [0, 0.1) is 0 Å². The van der Waals surface area contributed by atoms with Gasteiger partial charge in [0.15, 0.2) is 11.6 Å². The summed E-state index contributed by atoms with van der Waals surface area (Å²) >= 11 is 0. The normalized spacial score (nSPS) is 21.9. The summed E-state index contributed by atoms with van der Waals surface area (Å²) in [5.74, 6) is -6.54. The number of hydrogen-bond donors (Lipinski definition) is 2. The summed E-state index contributed by atoms with van der Waals surface area (Å²) in [6, 6.07) is 4.33. The Hall–Kier alpha value is -4.17. The fourth-order valence-electron chi connectivity index (χ4n) is 5.65. The minimum absolute atomic E-state index is 0.0392. The van der Waals surface area contributed by atoms with E-state index in [-0.39, 0.29) is 48.4 Å². The van der Waals surface area contributed by atoms with E-state index in [1.807, 2.05) is 0 Å². The van der Waals surface area contributed by atoms with Crippen molar-refractivity contribution in [3.63, 3.8) is 0 Å². The first-order valence-electron chi connectivity index (χ1n) is 14.2. The van der Waals surface area contributed by atoms with Crippen LogP contribution >= 0.6 is 0 Å². The number of carbonyl (C=O) groups excluding carboxylic acids is 2. The van der Waals surface area contributed by atoms with Gasteiger partial charge in [-0.1, -0.05) is 0 Å². The fourth-order valence-corrected chi connectivity index (χ4v) is 5.65. The van der Waals surface area contributed by atoms with Crippen molar-refractivity contribution in [1.29, 1.82) is 0 Å². The number of alkyl halides is 5. The molecule has 0 spiro atoms. The van der Waals surface area contributed by atoms with Gasteiger partial charge in [-0.05, 0) is 38.0 Å². The second-order valence-electron chi connectivity index (χ2n) is 11.8. The fraction of sp³-hybridized carbons (Fsp3) is 0.517. The number of aromatic nitrogens is 3. The van der Waals surface area contributed by atoms with Gasteiger partial charge in [-0.15, -0.1) is 0 Å². The molecule has 2 aromatic heterocycles. The molecular formula is C29H31F5N6O4. The van der Waals surface area contributed by atoms with Gasteiger partial charge in [0.2, 0.25) is 5.91 Å². The molecule has 4 heterocycles. The van der Waals surface area contributed by atoms with Crippen molar-refractivity contribution in [3.8, 4) is 11.5 Å². The maximum atomic E-state index is 14.6. The molecule has 3 aromatic rings. The van der Waals surface area contributed by atoms with E-state index in [2.05, 4.69) is 15.4 Å². The summed E-state index contributed by atoms with van der Waals surface area (Å²) in [7, 11) is 1.41. The molecule has 3 aliphatic rings. The highest BCUT2D eigenvalue weighted by Gasteiger charge is 2.48. The lowest BCUT2D eigenvalue weighted by Crippen LogP contribution is -2.41. The summed E-state index contributed by atoms with van der Waals surface area (Å²) in [4.78, 5) is 31.3. The van der Waals surface area contributed by atoms with E-state index in [0.29, 0.717) is 16.7 Å².